The molecule has 0 heterocycles. The van der Waals surface area contributed by atoms with E-state index < -0.39 is 0 Å². The van der Waals surface area contributed by atoms with Crippen LogP contribution < -0.4 is 5.73 Å². The first-order chi connectivity index (χ1) is 8.21. The summed E-state index contributed by atoms with van der Waals surface area (Å²) in [5.74, 6) is 3.65. The molecule has 0 amide bonds. The van der Waals surface area contributed by atoms with Crippen LogP contribution in [0.2, 0.25) is 0 Å². The normalized spacial score (nSPS) is 31.4. The lowest BCUT2D eigenvalue weighted by molar-refractivity contribution is 0.149. The van der Waals surface area contributed by atoms with Gasteiger partial charge in [-0.2, -0.15) is 0 Å². The van der Waals surface area contributed by atoms with Crippen LogP contribution >= 0.6 is 0 Å². The van der Waals surface area contributed by atoms with E-state index in [2.05, 4.69) is 20.8 Å². The van der Waals surface area contributed by atoms with Crippen LogP contribution in [0.1, 0.15) is 72.1 Å². The van der Waals surface area contributed by atoms with Crippen molar-refractivity contribution in [2.24, 2.45) is 29.4 Å². The van der Waals surface area contributed by atoms with Crippen LogP contribution in [0, 0.1) is 23.7 Å². The average molecular weight is 239 g/mol. The van der Waals surface area contributed by atoms with Crippen molar-refractivity contribution < 1.29 is 0 Å². The summed E-state index contributed by atoms with van der Waals surface area (Å²) < 4.78 is 0. The summed E-state index contributed by atoms with van der Waals surface area (Å²) >= 11 is 0. The van der Waals surface area contributed by atoms with E-state index in [0.29, 0.717) is 0 Å². The van der Waals surface area contributed by atoms with Crippen LogP contribution in [0.15, 0.2) is 0 Å². The summed E-state index contributed by atoms with van der Waals surface area (Å²) in [6.45, 7) is 7.98. The van der Waals surface area contributed by atoms with Gasteiger partial charge in [0.1, 0.15) is 0 Å². The molecule has 1 nitrogen and oxygen atoms in total. The molecule has 0 aliphatic heterocycles. The van der Waals surface area contributed by atoms with Gasteiger partial charge >= 0.3 is 0 Å². The molecular formula is C16H33N. The first-order valence-corrected chi connectivity index (χ1v) is 7.91. The van der Waals surface area contributed by atoms with Gasteiger partial charge in [-0.25, -0.2) is 0 Å². The Bertz CT molecular complexity index is 188. The molecule has 1 aliphatic rings. The molecule has 0 saturated heterocycles. The van der Waals surface area contributed by atoms with Crippen LogP contribution in [-0.2, 0) is 0 Å². The van der Waals surface area contributed by atoms with Crippen molar-refractivity contribution in [1.82, 2.24) is 0 Å². The van der Waals surface area contributed by atoms with E-state index >= 15 is 0 Å². The number of nitrogens with two attached hydrogens (primary N) is 1. The van der Waals surface area contributed by atoms with Gasteiger partial charge in [0.15, 0.2) is 0 Å². The van der Waals surface area contributed by atoms with Crippen molar-refractivity contribution >= 4 is 0 Å². The summed E-state index contributed by atoms with van der Waals surface area (Å²) in [6, 6.07) is 0. The van der Waals surface area contributed by atoms with Gasteiger partial charge in [-0.15, -0.1) is 0 Å². The fraction of sp³-hybridized carbons (Fsp3) is 1.00. The molecular weight excluding hydrogens is 206 g/mol. The van der Waals surface area contributed by atoms with Gasteiger partial charge < -0.3 is 5.73 Å². The lowest BCUT2D eigenvalue weighted by Gasteiger charge is -2.37. The highest BCUT2D eigenvalue weighted by atomic mass is 14.6. The molecule has 102 valence electrons. The van der Waals surface area contributed by atoms with Gasteiger partial charge in [-0.3, -0.25) is 0 Å². The highest BCUT2D eigenvalue weighted by Gasteiger charge is 2.29. The van der Waals surface area contributed by atoms with Gasteiger partial charge in [-0.1, -0.05) is 52.9 Å². The molecule has 4 unspecified atom stereocenters. The SMILES string of the molecule is CCCC(C)CC1CC(CCC)CCC1CN. The van der Waals surface area contributed by atoms with Crippen LogP contribution in [0.5, 0.6) is 0 Å². The average Bonchev–Trinajstić information content (AvgIpc) is 2.30. The molecule has 2 N–H and O–H groups in total. The Hall–Kier alpha value is -0.0400. The summed E-state index contributed by atoms with van der Waals surface area (Å²) in [7, 11) is 0. The standard InChI is InChI=1S/C16H33N/c1-4-6-13(3)10-16-11-14(7-5-2)8-9-15(16)12-17/h13-16H,4-12,17H2,1-3H3. The molecule has 1 heteroatoms. The highest BCUT2D eigenvalue weighted by Crippen LogP contribution is 2.39. The number of rotatable bonds is 7. The van der Waals surface area contributed by atoms with Gasteiger partial charge in [0.2, 0.25) is 0 Å². The minimum absolute atomic E-state index is 0.822. The van der Waals surface area contributed by atoms with Crippen LogP contribution in [0.4, 0.5) is 0 Å². The molecule has 0 aromatic rings. The van der Waals surface area contributed by atoms with Crippen molar-refractivity contribution in [1.29, 1.82) is 0 Å². The van der Waals surface area contributed by atoms with E-state index in [1.807, 2.05) is 0 Å². The molecule has 0 aromatic heterocycles. The molecule has 1 rings (SSSR count). The van der Waals surface area contributed by atoms with Gasteiger partial charge in [0.05, 0.1) is 0 Å². The van der Waals surface area contributed by atoms with Crippen LogP contribution in [-0.4, -0.2) is 6.54 Å². The quantitative estimate of drug-likeness (QED) is 0.690. The Balaban J connectivity index is 2.44. The Kier molecular flexibility index (Phi) is 7.18. The largest absolute Gasteiger partial charge is 0.330 e. The van der Waals surface area contributed by atoms with E-state index in [-0.39, 0.29) is 0 Å². The van der Waals surface area contributed by atoms with Crippen molar-refractivity contribution in [3.05, 3.63) is 0 Å². The molecule has 1 fully saturated rings. The molecule has 1 aliphatic carbocycles. The van der Waals surface area contributed by atoms with Crippen LogP contribution in [0.25, 0.3) is 0 Å². The first-order valence-electron chi connectivity index (χ1n) is 7.91. The van der Waals surface area contributed by atoms with E-state index in [4.69, 9.17) is 5.73 Å². The fourth-order valence-corrected chi connectivity index (χ4v) is 3.82. The van der Waals surface area contributed by atoms with Gasteiger partial charge in [0.25, 0.3) is 0 Å². The van der Waals surface area contributed by atoms with Crippen molar-refractivity contribution in [2.45, 2.75) is 72.1 Å². The zero-order valence-corrected chi connectivity index (χ0v) is 12.3. The van der Waals surface area contributed by atoms with Gasteiger partial charge in [-0.05, 0) is 49.5 Å². The molecule has 0 radical (unpaired) electrons. The Morgan fingerprint density at radius 3 is 2.47 bits per heavy atom. The third kappa shape index (κ3) is 4.99. The molecule has 0 bridgehead atoms. The topological polar surface area (TPSA) is 26.0 Å². The molecule has 17 heavy (non-hydrogen) atoms. The smallest absolute Gasteiger partial charge is 0.00462 e. The highest BCUT2D eigenvalue weighted by molar-refractivity contribution is 4.81. The molecule has 1 saturated carbocycles. The first kappa shape index (κ1) is 15.0. The number of hydrogen-bond acceptors (Lipinski definition) is 1. The third-order valence-electron chi connectivity index (χ3n) is 4.73. The summed E-state index contributed by atoms with van der Waals surface area (Å²) in [6.07, 6.45) is 11.2. The van der Waals surface area contributed by atoms with Crippen LogP contribution in [0.3, 0.4) is 0 Å². The maximum absolute atomic E-state index is 5.96. The molecule has 0 spiro atoms. The summed E-state index contributed by atoms with van der Waals surface area (Å²) in [4.78, 5) is 0. The second-order valence-corrected chi connectivity index (χ2v) is 6.35. The van der Waals surface area contributed by atoms with Gasteiger partial charge in [0, 0.05) is 0 Å². The van der Waals surface area contributed by atoms with E-state index in [1.165, 1.54) is 51.4 Å². The number of hydrogen-bond donors (Lipinski definition) is 1. The van der Waals surface area contributed by atoms with E-state index in [1.54, 1.807) is 0 Å². The van der Waals surface area contributed by atoms with Crippen molar-refractivity contribution in [2.75, 3.05) is 6.54 Å². The third-order valence-corrected chi connectivity index (χ3v) is 4.73. The maximum Gasteiger partial charge on any atom is -0.00462 e. The Labute approximate surface area is 109 Å². The monoisotopic (exact) mass is 239 g/mol. The van der Waals surface area contributed by atoms with Crippen molar-refractivity contribution in [3.63, 3.8) is 0 Å². The summed E-state index contributed by atoms with van der Waals surface area (Å²) in [5.41, 5.74) is 5.96. The Morgan fingerprint density at radius 1 is 1.12 bits per heavy atom. The van der Waals surface area contributed by atoms with E-state index in [0.717, 1.165) is 30.2 Å². The zero-order valence-electron chi connectivity index (χ0n) is 12.3. The summed E-state index contributed by atoms with van der Waals surface area (Å²) in [5, 5.41) is 0. The fourth-order valence-electron chi connectivity index (χ4n) is 3.82. The molecule has 0 aromatic carbocycles. The maximum atomic E-state index is 5.96. The Morgan fingerprint density at radius 2 is 1.88 bits per heavy atom. The second kappa shape index (κ2) is 8.13. The predicted molar refractivity (Wildman–Crippen MR) is 77.0 cm³/mol. The van der Waals surface area contributed by atoms with E-state index in [9.17, 15) is 0 Å². The molecule has 4 atom stereocenters. The second-order valence-electron chi connectivity index (χ2n) is 6.35. The lowest BCUT2D eigenvalue weighted by Crippen LogP contribution is -2.31. The minimum atomic E-state index is 0.822. The van der Waals surface area contributed by atoms with Crippen molar-refractivity contribution in [3.8, 4) is 0 Å². The lowest BCUT2D eigenvalue weighted by atomic mass is 9.69. The predicted octanol–water partition coefficient (Wildman–Crippen LogP) is 4.60. The zero-order chi connectivity index (χ0) is 12.7. The minimum Gasteiger partial charge on any atom is -0.330 e.